The van der Waals surface area contributed by atoms with Gasteiger partial charge in [-0.2, -0.15) is 0 Å². The highest BCUT2D eigenvalue weighted by Gasteiger charge is 2.19. The number of rotatable bonds is 0. The Morgan fingerprint density at radius 3 is 2.78 bits per heavy atom. The van der Waals surface area contributed by atoms with Crippen LogP contribution in [0.3, 0.4) is 0 Å². The maximum Gasteiger partial charge on any atom is 0.328 e. The number of ether oxygens (including phenoxy) is 1. The lowest BCUT2D eigenvalue weighted by atomic mass is 10.2. The molecule has 0 unspecified atom stereocenters. The third-order valence-electron chi connectivity index (χ3n) is 3.14. The summed E-state index contributed by atoms with van der Waals surface area (Å²) in [6, 6.07) is 7.92. The maximum absolute atomic E-state index is 12.4. The fourth-order valence-electron chi connectivity index (χ4n) is 2.18. The van der Waals surface area contributed by atoms with Crippen LogP contribution in [0.1, 0.15) is 0 Å². The van der Waals surface area contributed by atoms with Gasteiger partial charge in [-0.25, -0.2) is 4.79 Å². The molecular weight excluding hydrogens is 296 g/mol. The molecule has 0 atom stereocenters. The van der Waals surface area contributed by atoms with Crippen molar-refractivity contribution in [2.24, 2.45) is 0 Å². The molecule has 18 heavy (non-hydrogen) atoms. The largest absolute Gasteiger partial charge is 0.378 e. The monoisotopic (exact) mass is 308 g/mol. The zero-order valence-corrected chi connectivity index (χ0v) is 11.4. The van der Waals surface area contributed by atoms with Crippen LogP contribution < -0.4 is 0 Å². The molecular formula is C13H13BrN2O2. The van der Waals surface area contributed by atoms with Crippen LogP contribution in [0.4, 0.5) is 4.79 Å². The third-order valence-corrected chi connectivity index (χ3v) is 3.64. The molecule has 1 amide bonds. The van der Waals surface area contributed by atoms with Crippen molar-refractivity contribution in [1.29, 1.82) is 0 Å². The summed E-state index contributed by atoms with van der Waals surface area (Å²) >= 11 is 3.44. The molecule has 3 rings (SSSR count). The van der Waals surface area contributed by atoms with Crippen LogP contribution in [0.25, 0.3) is 10.9 Å². The molecule has 0 saturated carbocycles. The van der Waals surface area contributed by atoms with Crippen molar-refractivity contribution in [3.63, 3.8) is 0 Å². The van der Waals surface area contributed by atoms with Gasteiger partial charge in [0, 0.05) is 29.1 Å². The number of fused-ring (bicyclic) bond motifs is 1. The fraction of sp³-hybridized carbons (Fsp3) is 0.308. The van der Waals surface area contributed by atoms with Crippen LogP contribution in [0.2, 0.25) is 0 Å². The number of hydrogen-bond donors (Lipinski definition) is 0. The standard InChI is InChI=1S/C13H13BrN2O2/c14-11-2-1-10-3-4-16(12(10)9-11)13(17)15-5-7-18-8-6-15/h1-4,9H,5-8H2. The molecule has 5 heteroatoms. The van der Waals surface area contributed by atoms with Gasteiger partial charge in [0.1, 0.15) is 0 Å². The molecule has 2 heterocycles. The van der Waals surface area contributed by atoms with Crippen molar-refractivity contribution in [2.75, 3.05) is 26.3 Å². The Kier molecular flexibility index (Phi) is 3.09. The molecule has 1 aliphatic rings. The van der Waals surface area contributed by atoms with Crippen LogP contribution in [0, 0.1) is 0 Å². The Morgan fingerprint density at radius 1 is 1.22 bits per heavy atom. The summed E-state index contributed by atoms with van der Waals surface area (Å²) in [6.45, 7) is 2.56. The first-order chi connectivity index (χ1) is 8.75. The molecule has 0 N–H and O–H groups in total. The Bertz CT molecular complexity index is 588. The van der Waals surface area contributed by atoms with E-state index in [1.165, 1.54) is 0 Å². The first-order valence-electron chi connectivity index (χ1n) is 5.89. The molecule has 1 saturated heterocycles. The second-order valence-electron chi connectivity index (χ2n) is 4.27. The molecule has 0 radical (unpaired) electrons. The van der Waals surface area contributed by atoms with E-state index in [0.717, 1.165) is 15.4 Å². The van der Waals surface area contributed by atoms with E-state index in [-0.39, 0.29) is 6.03 Å². The second-order valence-corrected chi connectivity index (χ2v) is 5.19. The molecule has 4 nitrogen and oxygen atoms in total. The zero-order valence-electron chi connectivity index (χ0n) is 9.80. The number of aromatic nitrogens is 1. The number of hydrogen-bond acceptors (Lipinski definition) is 2. The highest BCUT2D eigenvalue weighted by atomic mass is 79.9. The Balaban J connectivity index is 1.98. The number of morpholine rings is 1. The Morgan fingerprint density at radius 2 is 2.00 bits per heavy atom. The smallest absolute Gasteiger partial charge is 0.328 e. The second kappa shape index (κ2) is 4.74. The molecule has 0 bridgehead atoms. The SMILES string of the molecule is O=C(N1CCOCC1)n1ccc2ccc(Br)cc21. The van der Waals surface area contributed by atoms with Crippen molar-refractivity contribution >= 4 is 32.9 Å². The van der Waals surface area contributed by atoms with Crippen molar-refractivity contribution in [3.05, 3.63) is 34.9 Å². The van der Waals surface area contributed by atoms with E-state index < -0.39 is 0 Å². The summed E-state index contributed by atoms with van der Waals surface area (Å²) in [4.78, 5) is 14.2. The normalized spacial score (nSPS) is 16.2. The number of amides is 1. The van der Waals surface area contributed by atoms with E-state index in [1.54, 1.807) is 4.57 Å². The topological polar surface area (TPSA) is 34.5 Å². The zero-order chi connectivity index (χ0) is 12.5. The molecule has 94 valence electrons. The lowest BCUT2D eigenvalue weighted by molar-refractivity contribution is 0.0538. The van der Waals surface area contributed by atoms with Crippen LogP contribution in [-0.2, 0) is 4.74 Å². The van der Waals surface area contributed by atoms with E-state index in [1.807, 2.05) is 35.4 Å². The van der Waals surface area contributed by atoms with E-state index >= 15 is 0 Å². The van der Waals surface area contributed by atoms with Crippen molar-refractivity contribution in [2.45, 2.75) is 0 Å². The molecule has 0 aliphatic carbocycles. The lowest BCUT2D eigenvalue weighted by Gasteiger charge is -2.27. The van der Waals surface area contributed by atoms with Crippen molar-refractivity contribution < 1.29 is 9.53 Å². The molecule has 1 fully saturated rings. The van der Waals surface area contributed by atoms with E-state index in [9.17, 15) is 4.79 Å². The molecule has 0 spiro atoms. The molecule has 1 aromatic heterocycles. The molecule has 2 aromatic rings. The van der Waals surface area contributed by atoms with Gasteiger partial charge in [-0.3, -0.25) is 4.57 Å². The number of carbonyl (C=O) groups is 1. The van der Waals surface area contributed by atoms with Crippen molar-refractivity contribution in [1.82, 2.24) is 9.47 Å². The van der Waals surface area contributed by atoms with Gasteiger partial charge < -0.3 is 9.64 Å². The van der Waals surface area contributed by atoms with E-state index in [4.69, 9.17) is 4.74 Å². The minimum atomic E-state index is 0.0198. The number of carbonyl (C=O) groups excluding carboxylic acids is 1. The minimum Gasteiger partial charge on any atom is -0.378 e. The van der Waals surface area contributed by atoms with Gasteiger partial charge in [-0.05, 0) is 18.2 Å². The van der Waals surface area contributed by atoms with Crippen LogP contribution in [0.5, 0.6) is 0 Å². The molecule has 1 aliphatic heterocycles. The first kappa shape index (κ1) is 11.7. The average Bonchev–Trinajstić information content (AvgIpc) is 2.82. The number of benzene rings is 1. The number of nitrogens with zero attached hydrogens (tertiary/aromatic N) is 2. The summed E-state index contributed by atoms with van der Waals surface area (Å²) in [5.74, 6) is 0. The van der Waals surface area contributed by atoms with Gasteiger partial charge in [0.15, 0.2) is 0 Å². The number of halogens is 1. The minimum absolute atomic E-state index is 0.0198. The van der Waals surface area contributed by atoms with Gasteiger partial charge in [0.25, 0.3) is 0 Å². The van der Waals surface area contributed by atoms with Crippen LogP contribution >= 0.6 is 15.9 Å². The quantitative estimate of drug-likeness (QED) is 0.750. The van der Waals surface area contributed by atoms with E-state index in [2.05, 4.69) is 15.9 Å². The highest BCUT2D eigenvalue weighted by molar-refractivity contribution is 9.10. The summed E-state index contributed by atoms with van der Waals surface area (Å²) in [5, 5.41) is 1.07. The van der Waals surface area contributed by atoms with Crippen LogP contribution in [-0.4, -0.2) is 41.8 Å². The Hall–Kier alpha value is -1.33. The summed E-state index contributed by atoms with van der Waals surface area (Å²) in [5.41, 5.74) is 0.931. The van der Waals surface area contributed by atoms with E-state index in [0.29, 0.717) is 26.3 Å². The third kappa shape index (κ3) is 2.04. The lowest BCUT2D eigenvalue weighted by Crippen LogP contribution is -2.42. The summed E-state index contributed by atoms with van der Waals surface area (Å²) in [7, 11) is 0. The maximum atomic E-state index is 12.4. The van der Waals surface area contributed by atoms with Crippen molar-refractivity contribution in [3.8, 4) is 0 Å². The molecule has 1 aromatic carbocycles. The highest BCUT2D eigenvalue weighted by Crippen LogP contribution is 2.21. The van der Waals surface area contributed by atoms with Gasteiger partial charge in [-0.15, -0.1) is 0 Å². The fourth-order valence-corrected chi connectivity index (χ4v) is 2.52. The summed E-state index contributed by atoms with van der Waals surface area (Å²) in [6.07, 6.45) is 1.83. The average molecular weight is 309 g/mol. The predicted octanol–water partition coefficient (Wildman–Crippen LogP) is 2.70. The van der Waals surface area contributed by atoms with Crippen LogP contribution in [0.15, 0.2) is 34.9 Å². The Labute approximate surface area is 113 Å². The predicted molar refractivity (Wildman–Crippen MR) is 72.8 cm³/mol. The summed E-state index contributed by atoms with van der Waals surface area (Å²) < 4.78 is 7.94. The van der Waals surface area contributed by atoms with Gasteiger partial charge in [0.05, 0.1) is 18.7 Å². The van der Waals surface area contributed by atoms with Gasteiger partial charge in [-0.1, -0.05) is 22.0 Å². The van der Waals surface area contributed by atoms with Gasteiger partial charge in [0.2, 0.25) is 0 Å². The first-order valence-corrected chi connectivity index (χ1v) is 6.68. The van der Waals surface area contributed by atoms with Gasteiger partial charge >= 0.3 is 6.03 Å².